The van der Waals surface area contributed by atoms with E-state index in [1.807, 2.05) is 41.3 Å². The number of hydrogen-bond donors (Lipinski definition) is 1. The van der Waals surface area contributed by atoms with E-state index in [-0.39, 0.29) is 12.1 Å². The summed E-state index contributed by atoms with van der Waals surface area (Å²) in [5.74, 6) is 0.783. The number of nitrogens with one attached hydrogen (secondary N) is 1. The fourth-order valence-corrected chi connectivity index (χ4v) is 3.78. The topological polar surface area (TPSA) is 41.6 Å². The van der Waals surface area contributed by atoms with Gasteiger partial charge in [-0.05, 0) is 61.4 Å². The molecule has 1 aliphatic heterocycles. The van der Waals surface area contributed by atoms with Gasteiger partial charge < -0.3 is 10.1 Å². The molecule has 2 aliphatic rings. The summed E-state index contributed by atoms with van der Waals surface area (Å²) < 4.78 is 5.98. The fourth-order valence-electron chi connectivity index (χ4n) is 3.78. The molecule has 130 valence electrons. The first-order chi connectivity index (χ1) is 12.3. The Morgan fingerprint density at radius 3 is 2.88 bits per heavy atom. The zero-order valence-electron chi connectivity index (χ0n) is 14.6. The second-order valence-corrected chi connectivity index (χ2v) is 6.81. The van der Waals surface area contributed by atoms with E-state index in [0.717, 1.165) is 36.4 Å². The molecule has 0 saturated carbocycles. The molecular formula is C21H24N2O2. The van der Waals surface area contributed by atoms with Gasteiger partial charge in [-0.25, -0.2) is 4.79 Å². The van der Waals surface area contributed by atoms with Crippen LogP contribution in [0.4, 0.5) is 16.2 Å². The number of urea groups is 1. The molecule has 2 aromatic carbocycles. The standard InChI is InChI=1S/C21H24N2O2/c1-2-16-14-23(19-12-5-6-13-20(19)25-16)21(24)22-18-11-7-9-15-8-3-4-10-17(15)18/h5-7,9,11-13,16H,2-4,8,10,14H2,1H3,(H,22,24)/t16-/m0/s1. The number of anilines is 2. The third kappa shape index (κ3) is 3.09. The van der Waals surface area contributed by atoms with Crippen molar-refractivity contribution in [2.45, 2.75) is 45.1 Å². The third-order valence-electron chi connectivity index (χ3n) is 5.17. The second-order valence-electron chi connectivity index (χ2n) is 6.81. The average molecular weight is 336 g/mol. The van der Waals surface area contributed by atoms with E-state index in [2.05, 4.69) is 18.3 Å². The van der Waals surface area contributed by atoms with Crippen molar-refractivity contribution < 1.29 is 9.53 Å². The lowest BCUT2D eigenvalue weighted by molar-refractivity contribution is 0.188. The predicted octanol–water partition coefficient (Wildman–Crippen LogP) is 4.77. The van der Waals surface area contributed by atoms with Crippen LogP contribution in [0.2, 0.25) is 0 Å². The van der Waals surface area contributed by atoms with Crippen LogP contribution in [-0.2, 0) is 12.8 Å². The van der Waals surface area contributed by atoms with Crippen LogP contribution in [0.3, 0.4) is 0 Å². The van der Waals surface area contributed by atoms with Crippen LogP contribution in [0.15, 0.2) is 42.5 Å². The Balaban J connectivity index is 1.61. The van der Waals surface area contributed by atoms with Gasteiger partial charge in [0.05, 0.1) is 12.2 Å². The lowest BCUT2D eigenvalue weighted by Crippen LogP contribution is -2.45. The molecule has 0 bridgehead atoms. The Labute approximate surface area is 148 Å². The molecule has 1 N–H and O–H groups in total. The largest absolute Gasteiger partial charge is 0.486 e. The summed E-state index contributed by atoms with van der Waals surface area (Å²) in [5, 5.41) is 3.16. The molecule has 0 aromatic heterocycles. The van der Waals surface area contributed by atoms with Gasteiger partial charge in [0.2, 0.25) is 0 Å². The molecule has 4 rings (SSSR count). The molecule has 0 unspecified atom stereocenters. The van der Waals surface area contributed by atoms with Crippen LogP contribution in [0, 0.1) is 0 Å². The first-order valence-electron chi connectivity index (χ1n) is 9.21. The van der Waals surface area contributed by atoms with E-state index in [1.54, 1.807) is 0 Å². The van der Waals surface area contributed by atoms with Crippen molar-refractivity contribution in [1.82, 2.24) is 0 Å². The van der Waals surface area contributed by atoms with Gasteiger partial charge in [-0.15, -0.1) is 0 Å². The average Bonchev–Trinajstić information content (AvgIpc) is 2.67. The van der Waals surface area contributed by atoms with Crippen molar-refractivity contribution in [1.29, 1.82) is 0 Å². The van der Waals surface area contributed by atoms with Crippen molar-refractivity contribution >= 4 is 17.4 Å². The van der Waals surface area contributed by atoms with Crippen molar-refractivity contribution in [2.24, 2.45) is 0 Å². The van der Waals surface area contributed by atoms with Gasteiger partial charge in [-0.3, -0.25) is 4.90 Å². The zero-order valence-corrected chi connectivity index (χ0v) is 14.6. The number of carbonyl (C=O) groups is 1. The number of aryl methyl sites for hydroxylation is 1. The minimum atomic E-state index is -0.0758. The summed E-state index contributed by atoms with van der Waals surface area (Å²) in [4.78, 5) is 14.9. The Morgan fingerprint density at radius 2 is 2.00 bits per heavy atom. The van der Waals surface area contributed by atoms with Crippen LogP contribution in [-0.4, -0.2) is 18.7 Å². The minimum Gasteiger partial charge on any atom is -0.486 e. The highest BCUT2D eigenvalue weighted by Gasteiger charge is 2.29. The molecule has 0 spiro atoms. The van der Waals surface area contributed by atoms with Gasteiger partial charge >= 0.3 is 6.03 Å². The number of rotatable bonds is 2. The summed E-state index contributed by atoms with van der Waals surface area (Å²) in [5.41, 5.74) is 4.47. The van der Waals surface area contributed by atoms with Crippen molar-refractivity contribution in [2.75, 3.05) is 16.8 Å². The summed E-state index contributed by atoms with van der Waals surface area (Å²) in [6.07, 6.45) is 5.49. The number of hydrogen-bond acceptors (Lipinski definition) is 2. The van der Waals surface area contributed by atoms with Crippen LogP contribution in [0.25, 0.3) is 0 Å². The summed E-state index contributed by atoms with van der Waals surface area (Å²) in [7, 11) is 0. The molecule has 2 amide bonds. The SMILES string of the molecule is CC[C@H]1CN(C(=O)Nc2cccc3c2CCCC3)c2ccccc2O1. The monoisotopic (exact) mass is 336 g/mol. The second kappa shape index (κ2) is 6.79. The van der Waals surface area contributed by atoms with Crippen LogP contribution < -0.4 is 15.0 Å². The van der Waals surface area contributed by atoms with E-state index in [1.165, 1.54) is 24.0 Å². The molecule has 4 nitrogen and oxygen atoms in total. The van der Waals surface area contributed by atoms with Gasteiger partial charge in [-0.2, -0.15) is 0 Å². The zero-order chi connectivity index (χ0) is 17.2. The molecule has 0 saturated heterocycles. The highest BCUT2D eigenvalue weighted by atomic mass is 16.5. The molecular weight excluding hydrogens is 312 g/mol. The highest BCUT2D eigenvalue weighted by Crippen LogP contribution is 2.35. The Bertz CT molecular complexity index is 787. The number of para-hydroxylation sites is 2. The maximum absolute atomic E-state index is 13.0. The van der Waals surface area contributed by atoms with Crippen molar-refractivity contribution in [3.63, 3.8) is 0 Å². The summed E-state index contributed by atoms with van der Waals surface area (Å²) >= 11 is 0. The molecule has 2 aromatic rings. The van der Waals surface area contributed by atoms with Gasteiger partial charge in [-0.1, -0.05) is 31.2 Å². The van der Waals surface area contributed by atoms with Gasteiger partial charge in [0.1, 0.15) is 11.9 Å². The molecule has 4 heteroatoms. The van der Waals surface area contributed by atoms with E-state index in [9.17, 15) is 4.79 Å². The summed E-state index contributed by atoms with van der Waals surface area (Å²) in [6.45, 7) is 2.66. The number of fused-ring (bicyclic) bond motifs is 2. The molecule has 0 radical (unpaired) electrons. The van der Waals surface area contributed by atoms with E-state index in [0.29, 0.717) is 6.54 Å². The lowest BCUT2D eigenvalue weighted by Gasteiger charge is -2.34. The van der Waals surface area contributed by atoms with Gasteiger partial charge in [0.15, 0.2) is 0 Å². The molecule has 1 aliphatic carbocycles. The van der Waals surface area contributed by atoms with Crippen LogP contribution in [0.1, 0.15) is 37.3 Å². The quantitative estimate of drug-likeness (QED) is 0.858. The maximum atomic E-state index is 13.0. The fraction of sp³-hybridized carbons (Fsp3) is 0.381. The van der Waals surface area contributed by atoms with Crippen LogP contribution >= 0.6 is 0 Å². The predicted molar refractivity (Wildman–Crippen MR) is 101 cm³/mol. The van der Waals surface area contributed by atoms with E-state index < -0.39 is 0 Å². The number of ether oxygens (including phenoxy) is 1. The third-order valence-corrected chi connectivity index (χ3v) is 5.17. The number of carbonyl (C=O) groups excluding carboxylic acids is 1. The van der Waals surface area contributed by atoms with E-state index in [4.69, 9.17) is 4.74 Å². The first kappa shape index (κ1) is 16.0. The molecule has 25 heavy (non-hydrogen) atoms. The summed E-state index contributed by atoms with van der Waals surface area (Å²) in [6, 6.07) is 13.9. The normalized spacial score (nSPS) is 18.8. The van der Waals surface area contributed by atoms with Gasteiger partial charge in [0.25, 0.3) is 0 Å². The minimum absolute atomic E-state index is 0.0327. The lowest BCUT2D eigenvalue weighted by atomic mass is 9.90. The van der Waals surface area contributed by atoms with Crippen LogP contribution in [0.5, 0.6) is 5.75 Å². The first-order valence-corrected chi connectivity index (χ1v) is 9.21. The molecule has 0 fully saturated rings. The van der Waals surface area contributed by atoms with Crippen molar-refractivity contribution in [3.05, 3.63) is 53.6 Å². The Hall–Kier alpha value is -2.49. The number of benzene rings is 2. The molecule has 1 atom stereocenters. The number of nitrogens with zero attached hydrogens (tertiary/aromatic N) is 1. The molecule has 1 heterocycles. The number of amides is 2. The Morgan fingerprint density at radius 1 is 1.16 bits per heavy atom. The smallest absolute Gasteiger partial charge is 0.326 e. The van der Waals surface area contributed by atoms with Gasteiger partial charge in [0, 0.05) is 5.69 Å². The van der Waals surface area contributed by atoms with E-state index >= 15 is 0 Å². The van der Waals surface area contributed by atoms with Crippen molar-refractivity contribution in [3.8, 4) is 5.75 Å². The Kier molecular flexibility index (Phi) is 4.35. The maximum Gasteiger partial charge on any atom is 0.326 e. The highest BCUT2D eigenvalue weighted by molar-refractivity contribution is 6.03.